The summed E-state index contributed by atoms with van der Waals surface area (Å²) in [7, 11) is 0. The van der Waals surface area contributed by atoms with Crippen LogP contribution in [0.25, 0.3) is 0 Å². The molecule has 0 saturated heterocycles. The molecule has 0 aromatic heterocycles. The van der Waals surface area contributed by atoms with Crippen LogP contribution in [0, 0.1) is 18.8 Å². The molecule has 1 rings (SSSR count). The van der Waals surface area contributed by atoms with Gasteiger partial charge in [-0.2, -0.15) is 0 Å². The minimum atomic E-state index is -0.0737. The molecule has 4 heteroatoms. The van der Waals surface area contributed by atoms with Gasteiger partial charge in [0, 0.05) is 30.9 Å². The molecule has 0 fully saturated rings. The van der Waals surface area contributed by atoms with E-state index in [9.17, 15) is 4.79 Å². The monoisotopic (exact) mass is 274 g/mol. The molecule has 0 aliphatic heterocycles. The molecule has 0 spiro atoms. The minimum Gasteiger partial charge on any atom is -0.382 e. The van der Waals surface area contributed by atoms with Gasteiger partial charge >= 0.3 is 0 Å². The molecule has 3 N–H and O–H groups in total. The maximum Gasteiger partial charge on any atom is 0.251 e. The van der Waals surface area contributed by atoms with Crippen LogP contribution in [0.2, 0.25) is 0 Å². The zero-order valence-corrected chi connectivity index (χ0v) is 12.2. The number of hydrogen-bond acceptors (Lipinski definition) is 3. The maximum absolute atomic E-state index is 12.1. The van der Waals surface area contributed by atoms with Gasteiger partial charge in [0.25, 0.3) is 5.91 Å². The van der Waals surface area contributed by atoms with Gasteiger partial charge in [-0.3, -0.25) is 4.79 Å². The highest BCUT2D eigenvalue weighted by atomic mass is 16.5. The first kappa shape index (κ1) is 16.2. The summed E-state index contributed by atoms with van der Waals surface area (Å²) in [6.45, 7) is 6.15. The van der Waals surface area contributed by atoms with Crippen LogP contribution in [-0.2, 0) is 4.74 Å². The molecule has 1 aromatic rings. The molecule has 108 valence electrons. The van der Waals surface area contributed by atoms with Crippen molar-refractivity contribution in [2.24, 2.45) is 5.73 Å². The van der Waals surface area contributed by atoms with Crippen LogP contribution >= 0.6 is 0 Å². The molecule has 0 aliphatic rings. The molecule has 0 heterocycles. The summed E-state index contributed by atoms with van der Waals surface area (Å²) in [4.78, 5) is 12.1. The van der Waals surface area contributed by atoms with Crippen LogP contribution in [0.15, 0.2) is 18.2 Å². The zero-order valence-electron chi connectivity index (χ0n) is 12.2. The van der Waals surface area contributed by atoms with Crippen LogP contribution in [0.4, 0.5) is 0 Å². The molecule has 0 unspecified atom stereocenters. The summed E-state index contributed by atoms with van der Waals surface area (Å²) in [5, 5.41) is 2.89. The Hall–Kier alpha value is -1.83. The third kappa shape index (κ3) is 5.43. The number of hydrogen-bond donors (Lipinski definition) is 2. The quantitative estimate of drug-likeness (QED) is 0.610. The summed E-state index contributed by atoms with van der Waals surface area (Å²) in [6.07, 6.45) is 0.811. The Labute approximate surface area is 120 Å². The number of carbonyl (C=O) groups is 1. The normalized spacial score (nSPS) is 9.75. The highest BCUT2D eigenvalue weighted by Gasteiger charge is 2.08. The van der Waals surface area contributed by atoms with E-state index in [2.05, 4.69) is 17.2 Å². The van der Waals surface area contributed by atoms with Crippen LogP contribution in [0.1, 0.15) is 34.8 Å². The van der Waals surface area contributed by atoms with E-state index < -0.39 is 0 Å². The van der Waals surface area contributed by atoms with E-state index in [0.29, 0.717) is 31.9 Å². The predicted octanol–water partition coefficient (Wildman–Crippen LogP) is 1.46. The number of amides is 1. The van der Waals surface area contributed by atoms with Crippen LogP contribution in [0.5, 0.6) is 0 Å². The second kappa shape index (κ2) is 9.13. The summed E-state index contributed by atoms with van der Waals surface area (Å²) in [6, 6.07) is 5.59. The van der Waals surface area contributed by atoms with Gasteiger partial charge in [0.1, 0.15) is 0 Å². The smallest absolute Gasteiger partial charge is 0.251 e. The number of benzene rings is 1. The van der Waals surface area contributed by atoms with Crippen molar-refractivity contribution in [1.29, 1.82) is 0 Å². The largest absolute Gasteiger partial charge is 0.382 e. The Bertz CT molecular complexity index is 501. The van der Waals surface area contributed by atoms with Crippen molar-refractivity contribution in [3.05, 3.63) is 34.9 Å². The van der Waals surface area contributed by atoms with Gasteiger partial charge in [-0.15, -0.1) is 0 Å². The number of ether oxygens (including phenoxy) is 1. The van der Waals surface area contributed by atoms with Crippen molar-refractivity contribution in [2.75, 3.05) is 26.3 Å². The molecular formula is C16H22N2O2. The molecule has 0 bridgehead atoms. The fraction of sp³-hybridized carbons (Fsp3) is 0.438. The Morgan fingerprint density at radius 2 is 2.25 bits per heavy atom. The molecule has 0 radical (unpaired) electrons. The van der Waals surface area contributed by atoms with Gasteiger partial charge < -0.3 is 15.8 Å². The van der Waals surface area contributed by atoms with Crippen molar-refractivity contribution in [3.63, 3.8) is 0 Å². The van der Waals surface area contributed by atoms with E-state index in [-0.39, 0.29) is 5.91 Å². The molecule has 1 amide bonds. The maximum atomic E-state index is 12.1. The van der Waals surface area contributed by atoms with Gasteiger partial charge in [0.2, 0.25) is 0 Å². The Morgan fingerprint density at radius 3 is 2.95 bits per heavy atom. The molecular weight excluding hydrogens is 252 g/mol. The number of aryl methyl sites for hydroxylation is 1. The lowest BCUT2D eigenvalue weighted by Gasteiger charge is -2.08. The van der Waals surface area contributed by atoms with E-state index >= 15 is 0 Å². The molecule has 1 aromatic carbocycles. The van der Waals surface area contributed by atoms with E-state index in [1.54, 1.807) is 6.07 Å². The fourth-order valence-electron chi connectivity index (χ4n) is 1.71. The Kier molecular flexibility index (Phi) is 7.41. The lowest BCUT2D eigenvalue weighted by Crippen LogP contribution is -2.26. The van der Waals surface area contributed by atoms with Crippen molar-refractivity contribution < 1.29 is 9.53 Å². The van der Waals surface area contributed by atoms with E-state index in [0.717, 1.165) is 17.5 Å². The van der Waals surface area contributed by atoms with Crippen LogP contribution in [-0.4, -0.2) is 32.2 Å². The van der Waals surface area contributed by atoms with Crippen molar-refractivity contribution in [3.8, 4) is 11.8 Å². The zero-order chi connectivity index (χ0) is 14.8. The van der Waals surface area contributed by atoms with Gasteiger partial charge in [-0.1, -0.05) is 17.9 Å². The van der Waals surface area contributed by atoms with Gasteiger partial charge in [0.15, 0.2) is 0 Å². The number of carbonyl (C=O) groups excluding carboxylic acids is 1. The highest BCUT2D eigenvalue weighted by molar-refractivity contribution is 5.96. The van der Waals surface area contributed by atoms with Crippen LogP contribution < -0.4 is 11.1 Å². The first-order valence-corrected chi connectivity index (χ1v) is 6.84. The van der Waals surface area contributed by atoms with Gasteiger partial charge in [-0.25, -0.2) is 0 Å². The third-order valence-corrected chi connectivity index (χ3v) is 2.77. The minimum absolute atomic E-state index is 0.0737. The van der Waals surface area contributed by atoms with Crippen molar-refractivity contribution in [1.82, 2.24) is 5.32 Å². The lowest BCUT2D eigenvalue weighted by atomic mass is 10.0. The summed E-state index contributed by atoms with van der Waals surface area (Å²) in [5.74, 6) is 5.65. The average Bonchev–Trinajstić information content (AvgIpc) is 2.46. The third-order valence-electron chi connectivity index (χ3n) is 2.77. The number of nitrogens with one attached hydrogen (secondary N) is 1. The topological polar surface area (TPSA) is 64.3 Å². The van der Waals surface area contributed by atoms with Crippen molar-refractivity contribution >= 4 is 5.91 Å². The van der Waals surface area contributed by atoms with Gasteiger partial charge in [0.05, 0.1) is 6.54 Å². The molecule has 0 saturated carbocycles. The molecule has 20 heavy (non-hydrogen) atoms. The first-order chi connectivity index (χ1) is 9.69. The number of nitrogens with two attached hydrogens (primary N) is 1. The highest BCUT2D eigenvalue weighted by Crippen LogP contribution is 2.10. The first-order valence-electron chi connectivity index (χ1n) is 6.84. The van der Waals surface area contributed by atoms with Crippen molar-refractivity contribution in [2.45, 2.75) is 20.3 Å². The van der Waals surface area contributed by atoms with E-state index in [1.807, 2.05) is 26.0 Å². The number of rotatable bonds is 6. The predicted molar refractivity (Wildman–Crippen MR) is 80.6 cm³/mol. The summed E-state index contributed by atoms with van der Waals surface area (Å²) < 4.78 is 5.23. The van der Waals surface area contributed by atoms with E-state index in [1.165, 1.54) is 0 Å². The Morgan fingerprint density at radius 1 is 1.45 bits per heavy atom. The fourth-order valence-corrected chi connectivity index (χ4v) is 1.71. The van der Waals surface area contributed by atoms with Gasteiger partial charge in [-0.05, 0) is 38.0 Å². The second-order valence-corrected chi connectivity index (χ2v) is 4.34. The standard InChI is InChI=1S/C16H22N2O2/c1-3-20-11-5-10-18-16(19)15-12-14(6-4-9-17)8-7-13(15)2/h7-8,12H,3,5,9-11,17H2,1-2H3,(H,18,19). The average molecular weight is 274 g/mol. The van der Waals surface area contributed by atoms with E-state index in [4.69, 9.17) is 10.5 Å². The lowest BCUT2D eigenvalue weighted by molar-refractivity contribution is 0.0943. The molecule has 0 aliphatic carbocycles. The molecule has 4 nitrogen and oxygen atoms in total. The SMILES string of the molecule is CCOCCCNC(=O)c1cc(C#CCN)ccc1C. The summed E-state index contributed by atoms with van der Waals surface area (Å²) >= 11 is 0. The molecule has 0 atom stereocenters. The second-order valence-electron chi connectivity index (χ2n) is 4.34. The van der Waals surface area contributed by atoms with Crippen LogP contribution in [0.3, 0.4) is 0 Å². The Balaban J connectivity index is 2.62. The summed E-state index contributed by atoms with van der Waals surface area (Å²) in [5.41, 5.74) is 7.74.